The lowest BCUT2D eigenvalue weighted by molar-refractivity contribution is -0.142. The first-order chi connectivity index (χ1) is 11.6. The number of rotatable bonds is 4. The Morgan fingerprint density at radius 3 is 2.25 bits per heavy atom. The molecule has 1 aliphatic carbocycles. The van der Waals surface area contributed by atoms with Crippen molar-refractivity contribution in [3.8, 4) is 0 Å². The Balaban J connectivity index is 1.53. The molecule has 1 heterocycles. The Labute approximate surface area is 141 Å². The lowest BCUT2D eigenvalue weighted by Gasteiger charge is -2.28. The number of anilines is 1. The van der Waals surface area contributed by atoms with E-state index in [9.17, 15) is 9.59 Å². The van der Waals surface area contributed by atoms with Crippen molar-refractivity contribution in [2.75, 3.05) is 31.6 Å². The van der Waals surface area contributed by atoms with Gasteiger partial charge in [0.2, 0.25) is 0 Å². The van der Waals surface area contributed by atoms with Crippen LogP contribution in [0.15, 0.2) is 24.3 Å². The van der Waals surface area contributed by atoms with Crippen LogP contribution in [-0.4, -0.2) is 54.2 Å². The lowest BCUT2D eigenvalue weighted by atomic mass is 9.86. The molecule has 0 aromatic heterocycles. The summed E-state index contributed by atoms with van der Waals surface area (Å²) in [4.78, 5) is 25.2. The Kier molecular flexibility index (Phi) is 5.35. The third-order valence-corrected chi connectivity index (χ3v) is 4.88. The van der Waals surface area contributed by atoms with E-state index < -0.39 is 5.97 Å². The Bertz CT molecular complexity index is 573. The van der Waals surface area contributed by atoms with Crippen molar-refractivity contribution in [1.82, 2.24) is 4.90 Å². The van der Waals surface area contributed by atoms with Gasteiger partial charge in [0.05, 0.1) is 19.1 Å². The van der Waals surface area contributed by atoms with Crippen LogP contribution in [0.25, 0.3) is 0 Å². The highest BCUT2D eigenvalue weighted by Gasteiger charge is 2.25. The highest BCUT2D eigenvalue weighted by atomic mass is 16.5. The van der Waals surface area contributed by atoms with Crippen LogP contribution in [0.4, 0.5) is 5.69 Å². The molecule has 24 heavy (non-hydrogen) atoms. The number of hydrogen-bond acceptors (Lipinski definition) is 4. The second kappa shape index (κ2) is 7.66. The average molecular weight is 332 g/mol. The highest BCUT2D eigenvalue weighted by molar-refractivity contribution is 5.94. The summed E-state index contributed by atoms with van der Waals surface area (Å²) in [7, 11) is 0. The molecule has 1 saturated carbocycles. The van der Waals surface area contributed by atoms with Crippen LogP contribution >= 0.6 is 0 Å². The van der Waals surface area contributed by atoms with Crippen LogP contribution in [-0.2, 0) is 9.53 Å². The van der Waals surface area contributed by atoms with Gasteiger partial charge in [0.25, 0.3) is 5.91 Å². The summed E-state index contributed by atoms with van der Waals surface area (Å²) < 4.78 is 5.27. The van der Waals surface area contributed by atoms with Crippen molar-refractivity contribution in [1.29, 1.82) is 0 Å². The van der Waals surface area contributed by atoms with Gasteiger partial charge in [0.1, 0.15) is 0 Å². The zero-order valence-corrected chi connectivity index (χ0v) is 13.7. The molecule has 3 rings (SSSR count). The number of morpholine rings is 1. The standard InChI is InChI=1S/C18H24N2O4/c21-17(20-9-11-24-12-10-20)13-1-5-15(6-2-13)19-16-7-3-14(4-8-16)18(22)23/h1-2,5-6,14,16,19H,3-4,7-12H2,(H,22,23). The van der Waals surface area contributed by atoms with E-state index in [2.05, 4.69) is 5.32 Å². The molecule has 1 amide bonds. The molecule has 1 aromatic carbocycles. The fraction of sp³-hybridized carbons (Fsp3) is 0.556. The fourth-order valence-electron chi connectivity index (χ4n) is 3.38. The van der Waals surface area contributed by atoms with Crippen LogP contribution in [0.3, 0.4) is 0 Å². The molecule has 2 aliphatic rings. The highest BCUT2D eigenvalue weighted by Crippen LogP contribution is 2.27. The maximum atomic E-state index is 12.4. The molecule has 1 aromatic rings. The third-order valence-electron chi connectivity index (χ3n) is 4.88. The predicted molar refractivity (Wildman–Crippen MR) is 90.2 cm³/mol. The van der Waals surface area contributed by atoms with E-state index in [-0.39, 0.29) is 11.8 Å². The first kappa shape index (κ1) is 16.8. The summed E-state index contributed by atoms with van der Waals surface area (Å²) >= 11 is 0. The van der Waals surface area contributed by atoms with Gasteiger partial charge in [0.15, 0.2) is 0 Å². The van der Waals surface area contributed by atoms with Crippen LogP contribution < -0.4 is 5.32 Å². The number of carbonyl (C=O) groups excluding carboxylic acids is 1. The van der Waals surface area contributed by atoms with E-state index in [1.807, 2.05) is 29.2 Å². The van der Waals surface area contributed by atoms with Crippen molar-refractivity contribution in [2.24, 2.45) is 5.92 Å². The van der Waals surface area contributed by atoms with Crippen LogP contribution in [0, 0.1) is 5.92 Å². The molecule has 1 saturated heterocycles. The largest absolute Gasteiger partial charge is 0.481 e. The maximum Gasteiger partial charge on any atom is 0.306 e. The number of hydrogen-bond donors (Lipinski definition) is 2. The van der Waals surface area contributed by atoms with Gasteiger partial charge in [0, 0.05) is 30.4 Å². The first-order valence-corrected chi connectivity index (χ1v) is 8.60. The van der Waals surface area contributed by atoms with Crippen LogP contribution in [0.1, 0.15) is 36.0 Å². The minimum absolute atomic E-state index is 0.0480. The smallest absolute Gasteiger partial charge is 0.306 e. The van der Waals surface area contributed by atoms with E-state index >= 15 is 0 Å². The van der Waals surface area contributed by atoms with E-state index in [1.165, 1.54) is 0 Å². The molecule has 1 aliphatic heterocycles. The normalized spacial score (nSPS) is 24.4. The molecule has 6 heteroatoms. The summed E-state index contributed by atoms with van der Waals surface area (Å²) in [6.45, 7) is 2.49. The quantitative estimate of drug-likeness (QED) is 0.884. The number of ether oxygens (including phenoxy) is 1. The van der Waals surface area contributed by atoms with E-state index in [4.69, 9.17) is 9.84 Å². The number of nitrogens with zero attached hydrogens (tertiary/aromatic N) is 1. The third kappa shape index (κ3) is 4.06. The van der Waals surface area contributed by atoms with Gasteiger partial charge >= 0.3 is 5.97 Å². The zero-order chi connectivity index (χ0) is 16.9. The second-order valence-electron chi connectivity index (χ2n) is 6.51. The molecule has 0 atom stereocenters. The summed E-state index contributed by atoms with van der Waals surface area (Å²) in [5.41, 5.74) is 1.67. The van der Waals surface area contributed by atoms with Crippen molar-refractivity contribution in [3.05, 3.63) is 29.8 Å². The lowest BCUT2D eigenvalue weighted by Crippen LogP contribution is -2.40. The fourth-order valence-corrected chi connectivity index (χ4v) is 3.38. The Morgan fingerprint density at radius 2 is 1.67 bits per heavy atom. The van der Waals surface area contributed by atoms with Gasteiger partial charge in [-0.15, -0.1) is 0 Å². The van der Waals surface area contributed by atoms with Gasteiger partial charge in [-0.1, -0.05) is 0 Å². The Morgan fingerprint density at radius 1 is 1.04 bits per heavy atom. The summed E-state index contributed by atoms with van der Waals surface area (Å²) in [5, 5.41) is 12.5. The van der Waals surface area contributed by atoms with E-state index in [0.717, 1.165) is 31.4 Å². The van der Waals surface area contributed by atoms with Gasteiger partial charge in [-0.3, -0.25) is 9.59 Å². The van der Waals surface area contributed by atoms with Crippen molar-refractivity contribution < 1.29 is 19.4 Å². The number of nitrogens with one attached hydrogen (secondary N) is 1. The summed E-state index contributed by atoms with van der Waals surface area (Å²) in [6.07, 6.45) is 3.18. The number of aliphatic carboxylic acids is 1. The minimum atomic E-state index is -0.681. The van der Waals surface area contributed by atoms with Gasteiger partial charge in [-0.2, -0.15) is 0 Å². The maximum absolute atomic E-state index is 12.4. The molecule has 0 spiro atoms. The van der Waals surface area contributed by atoms with Gasteiger partial charge in [-0.25, -0.2) is 0 Å². The molecule has 0 unspecified atom stereocenters. The summed E-state index contributed by atoms with van der Waals surface area (Å²) in [6, 6.07) is 7.86. The van der Waals surface area contributed by atoms with Gasteiger partial charge in [-0.05, 0) is 49.9 Å². The van der Waals surface area contributed by atoms with E-state index in [0.29, 0.717) is 37.9 Å². The number of amides is 1. The van der Waals surface area contributed by atoms with Crippen LogP contribution in [0.2, 0.25) is 0 Å². The van der Waals surface area contributed by atoms with Crippen LogP contribution in [0.5, 0.6) is 0 Å². The molecular formula is C18H24N2O4. The molecule has 6 nitrogen and oxygen atoms in total. The monoisotopic (exact) mass is 332 g/mol. The minimum Gasteiger partial charge on any atom is -0.481 e. The SMILES string of the molecule is O=C(O)C1CCC(Nc2ccc(C(=O)N3CCOCC3)cc2)CC1. The molecule has 0 bridgehead atoms. The van der Waals surface area contributed by atoms with Crippen molar-refractivity contribution in [2.45, 2.75) is 31.7 Å². The average Bonchev–Trinajstić information content (AvgIpc) is 2.63. The molecule has 130 valence electrons. The number of benzene rings is 1. The van der Waals surface area contributed by atoms with Crippen molar-refractivity contribution >= 4 is 17.6 Å². The molecule has 0 radical (unpaired) electrons. The zero-order valence-electron chi connectivity index (χ0n) is 13.7. The van der Waals surface area contributed by atoms with Crippen molar-refractivity contribution in [3.63, 3.8) is 0 Å². The molecular weight excluding hydrogens is 308 g/mol. The topological polar surface area (TPSA) is 78.9 Å². The number of carboxylic acids is 1. The molecule has 2 N–H and O–H groups in total. The number of carbonyl (C=O) groups is 2. The second-order valence-corrected chi connectivity index (χ2v) is 6.51. The van der Waals surface area contributed by atoms with Gasteiger partial charge < -0.3 is 20.1 Å². The molecule has 2 fully saturated rings. The summed E-state index contributed by atoms with van der Waals surface area (Å²) in [5.74, 6) is -0.831. The first-order valence-electron chi connectivity index (χ1n) is 8.60. The van der Waals surface area contributed by atoms with E-state index in [1.54, 1.807) is 0 Å². The Hall–Kier alpha value is -2.08. The number of carboxylic acid groups (broad SMARTS) is 1. The predicted octanol–water partition coefficient (Wildman–Crippen LogP) is 2.21.